The van der Waals surface area contributed by atoms with Crippen molar-refractivity contribution in [3.8, 4) is 17.2 Å². The fourth-order valence-electron chi connectivity index (χ4n) is 4.88. The fourth-order valence-corrected chi connectivity index (χ4v) is 4.88. The molecule has 0 fully saturated rings. The first-order chi connectivity index (χ1) is 18.9. The maximum atomic E-state index is 13.6. The number of ether oxygens (including phenoxy) is 4. The second kappa shape index (κ2) is 16.0. The second-order valence-corrected chi connectivity index (χ2v) is 10.3. The van der Waals surface area contributed by atoms with Gasteiger partial charge in [-0.1, -0.05) is 51.0 Å². The molecule has 0 aliphatic carbocycles. The Hall–Kier alpha value is -3.26. The summed E-state index contributed by atoms with van der Waals surface area (Å²) in [5, 5.41) is 0. The van der Waals surface area contributed by atoms with Gasteiger partial charge in [-0.3, -0.25) is 9.59 Å². The molecule has 2 amide bonds. The van der Waals surface area contributed by atoms with E-state index in [0.29, 0.717) is 61.6 Å². The Morgan fingerprint density at radius 1 is 0.974 bits per heavy atom. The zero-order valence-corrected chi connectivity index (χ0v) is 23.9. The fraction of sp³-hybridized carbons (Fsp3) is 0.548. The molecule has 39 heavy (non-hydrogen) atoms. The number of fused-ring (bicyclic) bond motifs is 1. The lowest BCUT2D eigenvalue weighted by Crippen LogP contribution is -2.47. The minimum Gasteiger partial charge on any atom is -0.493 e. The van der Waals surface area contributed by atoms with E-state index >= 15 is 0 Å². The first kappa shape index (κ1) is 30.3. The lowest BCUT2D eigenvalue weighted by Gasteiger charge is -2.33. The molecule has 1 aliphatic heterocycles. The molecule has 8 heteroatoms. The van der Waals surface area contributed by atoms with Crippen molar-refractivity contribution in [3.63, 3.8) is 0 Å². The number of benzene rings is 2. The zero-order valence-electron chi connectivity index (χ0n) is 23.9. The summed E-state index contributed by atoms with van der Waals surface area (Å²) < 4.78 is 22.8. The Balaban J connectivity index is 1.83. The molecule has 0 radical (unpaired) electrons. The average molecular weight is 541 g/mol. The summed E-state index contributed by atoms with van der Waals surface area (Å²) in [6.45, 7) is 6.80. The monoisotopic (exact) mass is 540 g/mol. The Bertz CT molecular complexity index is 1040. The quantitative estimate of drug-likeness (QED) is 0.443. The first-order valence-electron chi connectivity index (χ1n) is 14.0. The normalized spacial score (nSPS) is 17.3. The molecule has 0 spiro atoms. The molecule has 3 rings (SSSR count). The van der Waals surface area contributed by atoms with Gasteiger partial charge in [-0.15, -0.1) is 0 Å². The highest BCUT2D eigenvalue weighted by atomic mass is 16.5. The van der Waals surface area contributed by atoms with Gasteiger partial charge in [-0.2, -0.15) is 0 Å². The summed E-state index contributed by atoms with van der Waals surface area (Å²) in [5.74, 6) is 1.88. The van der Waals surface area contributed by atoms with E-state index in [1.54, 1.807) is 20.3 Å². The van der Waals surface area contributed by atoms with E-state index in [2.05, 4.69) is 13.8 Å². The topological polar surface area (TPSA) is 77.5 Å². The van der Waals surface area contributed by atoms with E-state index in [-0.39, 0.29) is 24.5 Å². The highest BCUT2D eigenvalue weighted by molar-refractivity contribution is 5.97. The van der Waals surface area contributed by atoms with Crippen LogP contribution in [0, 0.1) is 5.92 Å². The molecule has 1 heterocycles. The third-order valence-electron chi connectivity index (χ3n) is 6.90. The zero-order chi connectivity index (χ0) is 28.0. The minimum absolute atomic E-state index is 0.0572. The molecule has 0 saturated heterocycles. The summed E-state index contributed by atoms with van der Waals surface area (Å²) in [5.41, 5.74) is 0.534. The van der Waals surface area contributed by atoms with Crippen LogP contribution in [-0.4, -0.2) is 81.3 Å². The van der Waals surface area contributed by atoms with E-state index in [9.17, 15) is 9.59 Å². The standard InChI is InChI=1S/C31H44N2O6/c1-24(2)21-25-22-38-27-14-8-7-13-26(27)31(35)32(19-20-36-3)17-11-5-6-12-18-33(25)30(34)23-39-29-16-10-9-15-28(29)37-4/h7-10,13-16,24-25H,5-6,11-12,17-23H2,1-4H3/t25-/m0/s1. The van der Waals surface area contributed by atoms with Crippen LogP contribution in [0.4, 0.5) is 0 Å². The number of hydrogen-bond donors (Lipinski definition) is 0. The van der Waals surface area contributed by atoms with Crippen molar-refractivity contribution in [2.45, 2.75) is 52.0 Å². The predicted octanol–water partition coefficient (Wildman–Crippen LogP) is 5.06. The summed E-state index contributed by atoms with van der Waals surface area (Å²) in [6.07, 6.45) is 4.48. The molecule has 2 aromatic carbocycles. The second-order valence-electron chi connectivity index (χ2n) is 10.3. The smallest absolute Gasteiger partial charge is 0.260 e. The van der Waals surface area contributed by atoms with E-state index in [4.69, 9.17) is 18.9 Å². The first-order valence-corrected chi connectivity index (χ1v) is 14.0. The van der Waals surface area contributed by atoms with Gasteiger partial charge in [0.25, 0.3) is 11.8 Å². The van der Waals surface area contributed by atoms with Crippen LogP contribution >= 0.6 is 0 Å². The number of nitrogens with zero attached hydrogens (tertiary/aromatic N) is 2. The third kappa shape index (κ3) is 9.17. The molecular weight excluding hydrogens is 496 g/mol. The van der Waals surface area contributed by atoms with Crippen LogP contribution < -0.4 is 14.2 Å². The SMILES string of the molecule is COCCN1CCCCCCN(C(=O)COc2ccccc2OC)[C@@H](CC(C)C)COc2ccccc2C1=O. The van der Waals surface area contributed by atoms with Crippen molar-refractivity contribution in [2.24, 2.45) is 5.92 Å². The van der Waals surface area contributed by atoms with Crippen LogP contribution in [0.3, 0.4) is 0 Å². The van der Waals surface area contributed by atoms with Gasteiger partial charge in [0.1, 0.15) is 12.4 Å². The van der Waals surface area contributed by atoms with Crippen LogP contribution in [0.25, 0.3) is 0 Å². The van der Waals surface area contributed by atoms with Crippen molar-refractivity contribution >= 4 is 11.8 Å². The maximum Gasteiger partial charge on any atom is 0.260 e. The molecule has 1 aliphatic rings. The Kier molecular flexibility index (Phi) is 12.4. The average Bonchev–Trinajstić information content (AvgIpc) is 2.94. The highest BCUT2D eigenvalue weighted by Gasteiger charge is 2.27. The summed E-state index contributed by atoms with van der Waals surface area (Å²) in [6, 6.07) is 14.5. The number of carbonyl (C=O) groups excluding carboxylic acids is 2. The lowest BCUT2D eigenvalue weighted by atomic mass is 10.0. The van der Waals surface area contributed by atoms with Gasteiger partial charge in [0.2, 0.25) is 0 Å². The number of carbonyl (C=O) groups is 2. The Morgan fingerprint density at radius 2 is 1.67 bits per heavy atom. The van der Waals surface area contributed by atoms with E-state index in [1.165, 1.54) is 0 Å². The van der Waals surface area contributed by atoms with E-state index < -0.39 is 0 Å². The summed E-state index contributed by atoms with van der Waals surface area (Å²) >= 11 is 0. The van der Waals surface area contributed by atoms with Gasteiger partial charge >= 0.3 is 0 Å². The molecule has 2 aromatic rings. The van der Waals surface area contributed by atoms with Crippen molar-refractivity contribution in [1.29, 1.82) is 0 Å². The largest absolute Gasteiger partial charge is 0.493 e. The number of rotatable bonds is 9. The van der Waals surface area contributed by atoms with Crippen LogP contribution in [0.2, 0.25) is 0 Å². The molecule has 0 aromatic heterocycles. The number of hydrogen-bond acceptors (Lipinski definition) is 6. The van der Waals surface area contributed by atoms with Crippen molar-refractivity contribution in [3.05, 3.63) is 54.1 Å². The minimum atomic E-state index is -0.158. The lowest BCUT2D eigenvalue weighted by molar-refractivity contribution is -0.137. The molecular formula is C31H44N2O6. The van der Waals surface area contributed by atoms with Gasteiger partial charge < -0.3 is 28.7 Å². The summed E-state index contributed by atoms with van der Waals surface area (Å²) in [7, 11) is 3.23. The Morgan fingerprint density at radius 3 is 2.38 bits per heavy atom. The van der Waals surface area contributed by atoms with Crippen molar-refractivity contribution in [2.75, 3.05) is 53.7 Å². The van der Waals surface area contributed by atoms with Crippen LogP contribution in [-0.2, 0) is 9.53 Å². The molecule has 214 valence electrons. The van der Waals surface area contributed by atoms with Gasteiger partial charge in [-0.25, -0.2) is 0 Å². The number of para-hydroxylation sites is 3. The molecule has 0 saturated carbocycles. The molecule has 1 atom stereocenters. The molecule has 0 bridgehead atoms. The van der Waals surface area contributed by atoms with Crippen molar-refractivity contribution in [1.82, 2.24) is 9.80 Å². The number of amides is 2. The van der Waals surface area contributed by atoms with Gasteiger partial charge in [-0.05, 0) is 49.4 Å². The molecule has 8 nitrogen and oxygen atoms in total. The van der Waals surface area contributed by atoms with Crippen LogP contribution in [0.1, 0.15) is 56.3 Å². The predicted molar refractivity (Wildman–Crippen MR) is 152 cm³/mol. The van der Waals surface area contributed by atoms with Gasteiger partial charge in [0.15, 0.2) is 18.1 Å². The maximum absolute atomic E-state index is 13.6. The molecule has 0 N–H and O–H groups in total. The van der Waals surface area contributed by atoms with Gasteiger partial charge in [0.05, 0.1) is 25.3 Å². The Labute approximate surface area is 233 Å². The van der Waals surface area contributed by atoms with Crippen LogP contribution in [0.15, 0.2) is 48.5 Å². The van der Waals surface area contributed by atoms with E-state index in [0.717, 1.165) is 32.1 Å². The van der Waals surface area contributed by atoms with E-state index in [1.807, 2.05) is 52.3 Å². The number of methoxy groups -OCH3 is 2. The van der Waals surface area contributed by atoms with Crippen molar-refractivity contribution < 1.29 is 28.5 Å². The van der Waals surface area contributed by atoms with Crippen LogP contribution in [0.5, 0.6) is 17.2 Å². The molecule has 0 unspecified atom stereocenters. The van der Waals surface area contributed by atoms with Gasteiger partial charge in [0, 0.05) is 26.7 Å². The summed E-state index contributed by atoms with van der Waals surface area (Å²) in [4.78, 5) is 30.9. The third-order valence-corrected chi connectivity index (χ3v) is 6.90. The highest BCUT2D eigenvalue weighted by Crippen LogP contribution is 2.27.